The van der Waals surface area contributed by atoms with E-state index in [1.165, 1.54) is 6.07 Å². The maximum Gasteiger partial charge on any atom is 0.261 e. The Morgan fingerprint density at radius 1 is 1.50 bits per heavy atom. The van der Waals surface area contributed by atoms with E-state index in [-0.39, 0.29) is 18.0 Å². The van der Waals surface area contributed by atoms with Gasteiger partial charge >= 0.3 is 0 Å². The molecule has 0 radical (unpaired) electrons. The molecule has 20 heavy (non-hydrogen) atoms. The van der Waals surface area contributed by atoms with Crippen molar-refractivity contribution in [1.29, 1.82) is 0 Å². The van der Waals surface area contributed by atoms with Crippen molar-refractivity contribution in [3.05, 3.63) is 29.6 Å². The number of nitrogens with two attached hydrogens (primary N) is 1. The van der Waals surface area contributed by atoms with Crippen LogP contribution >= 0.6 is 0 Å². The van der Waals surface area contributed by atoms with Gasteiger partial charge in [-0.2, -0.15) is 0 Å². The van der Waals surface area contributed by atoms with Gasteiger partial charge in [-0.15, -0.1) is 0 Å². The van der Waals surface area contributed by atoms with E-state index >= 15 is 0 Å². The van der Waals surface area contributed by atoms with E-state index in [9.17, 15) is 9.18 Å². The van der Waals surface area contributed by atoms with E-state index in [1.807, 2.05) is 20.8 Å². The van der Waals surface area contributed by atoms with Crippen molar-refractivity contribution in [2.45, 2.75) is 52.3 Å². The predicted octanol–water partition coefficient (Wildman–Crippen LogP) is 2.36. The fraction of sp³-hybridized carbons (Fsp3) is 0.533. The molecule has 3 N–H and O–H groups in total. The topological polar surface area (TPSA) is 64.3 Å². The highest BCUT2D eigenvalue weighted by Crippen LogP contribution is 2.18. The Hall–Kier alpha value is -1.62. The van der Waals surface area contributed by atoms with Crippen LogP contribution in [0.15, 0.2) is 18.2 Å². The van der Waals surface area contributed by atoms with Gasteiger partial charge in [0.2, 0.25) is 0 Å². The first-order valence-electron chi connectivity index (χ1n) is 6.76. The highest BCUT2D eigenvalue weighted by Gasteiger charge is 2.23. The quantitative estimate of drug-likeness (QED) is 0.842. The molecule has 0 bridgehead atoms. The van der Waals surface area contributed by atoms with Crippen molar-refractivity contribution in [2.75, 3.05) is 0 Å². The molecule has 0 aliphatic carbocycles. The number of carbonyl (C=O) groups excluding carboxylic acids is 1. The number of halogens is 1. The zero-order valence-corrected chi connectivity index (χ0v) is 12.5. The van der Waals surface area contributed by atoms with Crippen LogP contribution in [0.1, 0.15) is 39.7 Å². The van der Waals surface area contributed by atoms with Crippen LogP contribution in [-0.2, 0) is 11.3 Å². The third-order valence-electron chi connectivity index (χ3n) is 3.27. The average Bonchev–Trinajstić information content (AvgIpc) is 2.38. The van der Waals surface area contributed by atoms with Gasteiger partial charge in [-0.25, -0.2) is 4.39 Å². The van der Waals surface area contributed by atoms with Crippen molar-refractivity contribution in [3.63, 3.8) is 0 Å². The van der Waals surface area contributed by atoms with Crippen LogP contribution in [0, 0.1) is 5.82 Å². The molecule has 0 spiro atoms. The Labute approximate surface area is 119 Å². The minimum Gasteiger partial charge on any atom is -0.481 e. The van der Waals surface area contributed by atoms with E-state index in [2.05, 4.69) is 5.32 Å². The number of ether oxygens (including phenoxy) is 1. The van der Waals surface area contributed by atoms with E-state index in [0.29, 0.717) is 11.3 Å². The zero-order valence-electron chi connectivity index (χ0n) is 12.5. The minimum atomic E-state index is -0.691. The molecule has 5 heteroatoms. The number of nitrogens with one attached hydrogen (secondary N) is 1. The van der Waals surface area contributed by atoms with E-state index in [1.54, 1.807) is 19.1 Å². The lowest BCUT2D eigenvalue weighted by atomic mass is 10.0. The van der Waals surface area contributed by atoms with Gasteiger partial charge in [0.1, 0.15) is 11.6 Å². The van der Waals surface area contributed by atoms with E-state index < -0.39 is 11.9 Å². The van der Waals surface area contributed by atoms with Gasteiger partial charge in [0, 0.05) is 23.7 Å². The molecule has 0 saturated heterocycles. The van der Waals surface area contributed by atoms with Crippen LogP contribution in [0.3, 0.4) is 0 Å². The molecule has 0 fully saturated rings. The van der Waals surface area contributed by atoms with Crippen molar-refractivity contribution < 1.29 is 13.9 Å². The van der Waals surface area contributed by atoms with E-state index in [4.69, 9.17) is 10.5 Å². The number of hydrogen-bond acceptors (Lipinski definition) is 3. The Morgan fingerprint density at radius 2 is 2.15 bits per heavy atom. The van der Waals surface area contributed by atoms with Crippen molar-refractivity contribution in [3.8, 4) is 5.75 Å². The third kappa shape index (κ3) is 4.49. The number of hydrogen-bond donors (Lipinski definition) is 2. The molecular weight excluding hydrogens is 259 g/mol. The van der Waals surface area contributed by atoms with Crippen molar-refractivity contribution in [2.24, 2.45) is 5.73 Å². The fourth-order valence-electron chi connectivity index (χ4n) is 1.55. The molecule has 1 unspecified atom stereocenters. The lowest BCUT2D eigenvalue weighted by Gasteiger charge is -2.26. The summed E-state index contributed by atoms with van der Waals surface area (Å²) in [5.74, 6) is -0.330. The van der Waals surface area contributed by atoms with Crippen LogP contribution in [-0.4, -0.2) is 17.6 Å². The summed E-state index contributed by atoms with van der Waals surface area (Å²) < 4.78 is 19.0. The van der Waals surface area contributed by atoms with Gasteiger partial charge in [0.25, 0.3) is 5.91 Å². The molecule has 0 aromatic heterocycles. The number of rotatable bonds is 6. The van der Waals surface area contributed by atoms with Gasteiger partial charge in [-0.3, -0.25) is 4.79 Å². The second kappa shape index (κ2) is 6.70. The molecule has 0 aliphatic heterocycles. The Kier molecular flexibility index (Phi) is 5.51. The largest absolute Gasteiger partial charge is 0.481 e. The lowest BCUT2D eigenvalue weighted by Crippen LogP contribution is -2.48. The molecule has 1 atom stereocenters. The summed E-state index contributed by atoms with van der Waals surface area (Å²) in [4.78, 5) is 12.0. The molecule has 1 aromatic rings. The Morgan fingerprint density at radius 3 is 2.65 bits per heavy atom. The Bertz CT molecular complexity index is 475. The molecule has 1 rings (SSSR count). The van der Waals surface area contributed by atoms with Gasteiger partial charge < -0.3 is 15.8 Å². The third-order valence-corrected chi connectivity index (χ3v) is 3.27. The minimum absolute atomic E-state index is 0.132. The normalized spacial score (nSPS) is 12.9. The smallest absolute Gasteiger partial charge is 0.261 e. The maximum atomic E-state index is 13.6. The molecule has 0 heterocycles. The highest BCUT2D eigenvalue weighted by atomic mass is 19.1. The van der Waals surface area contributed by atoms with Crippen molar-refractivity contribution >= 4 is 5.91 Å². The summed E-state index contributed by atoms with van der Waals surface area (Å²) in [5, 5.41) is 2.89. The molecule has 112 valence electrons. The van der Waals surface area contributed by atoms with Crippen LogP contribution in [0.4, 0.5) is 4.39 Å². The average molecular weight is 282 g/mol. The summed E-state index contributed by atoms with van der Waals surface area (Å²) in [7, 11) is 0. The second-order valence-electron chi connectivity index (χ2n) is 5.44. The maximum absolute atomic E-state index is 13.6. The number of amides is 1. The molecular formula is C15H23FN2O2. The standard InChI is InChI=1S/C15H23FN2O2/c1-5-15(3,4)18-14(19)10(2)20-12-7-6-11(9-17)13(16)8-12/h6-8,10H,5,9,17H2,1-4H3,(H,18,19). The van der Waals surface area contributed by atoms with E-state index in [0.717, 1.165) is 6.42 Å². The van der Waals surface area contributed by atoms with Gasteiger partial charge in [-0.05, 0) is 33.3 Å². The first kappa shape index (κ1) is 16.4. The van der Waals surface area contributed by atoms with Gasteiger partial charge in [0.15, 0.2) is 6.10 Å². The summed E-state index contributed by atoms with van der Waals surface area (Å²) in [5.41, 5.74) is 5.52. The highest BCUT2D eigenvalue weighted by molar-refractivity contribution is 5.81. The number of benzene rings is 1. The second-order valence-corrected chi connectivity index (χ2v) is 5.44. The van der Waals surface area contributed by atoms with Gasteiger partial charge in [-0.1, -0.05) is 13.0 Å². The molecule has 1 aromatic carbocycles. The predicted molar refractivity (Wildman–Crippen MR) is 76.9 cm³/mol. The van der Waals surface area contributed by atoms with Gasteiger partial charge in [0.05, 0.1) is 0 Å². The summed E-state index contributed by atoms with van der Waals surface area (Å²) >= 11 is 0. The molecule has 0 aliphatic rings. The summed E-state index contributed by atoms with van der Waals surface area (Å²) in [6.45, 7) is 7.63. The summed E-state index contributed by atoms with van der Waals surface area (Å²) in [6.07, 6.45) is 0.120. The van der Waals surface area contributed by atoms with Crippen LogP contribution in [0.25, 0.3) is 0 Å². The first-order valence-corrected chi connectivity index (χ1v) is 6.76. The molecule has 0 saturated carbocycles. The SMILES string of the molecule is CCC(C)(C)NC(=O)C(C)Oc1ccc(CN)c(F)c1. The monoisotopic (exact) mass is 282 g/mol. The Balaban J connectivity index is 2.68. The molecule has 1 amide bonds. The zero-order chi connectivity index (χ0) is 15.3. The molecule has 4 nitrogen and oxygen atoms in total. The first-order chi connectivity index (χ1) is 9.29. The lowest BCUT2D eigenvalue weighted by molar-refractivity contribution is -0.128. The van der Waals surface area contributed by atoms with Crippen molar-refractivity contribution in [1.82, 2.24) is 5.32 Å². The fourth-order valence-corrected chi connectivity index (χ4v) is 1.55. The number of carbonyl (C=O) groups is 1. The van der Waals surface area contributed by atoms with Crippen LogP contribution < -0.4 is 15.8 Å². The van der Waals surface area contributed by atoms with Crippen LogP contribution in [0.5, 0.6) is 5.75 Å². The van der Waals surface area contributed by atoms with Crippen LogP contribution in [0.2, 0.25) is 0 Å². The summed E-state index contributed by atoms with van der Waals surface area (Å²) in [6, 6.07) is 4.42.